The second-order valence-electron chi connectivity index (χ2n) is 4.97. The van der Waals surface area contributed by atoms with Gasteiger partial charge >= 0.3 is 0 Å². The second kappa shape index (κ2) is 7.86. The van der Waals surface area contributed by atoms with Crippen LogP contribution >= 0.6 is 0 Å². The zero-order chi connectivity index (χ0) is 17.5. The molecule has 0 aromatic carbocycles. The molecular weight excluding hydrogens is 312 g/mol. The summed E-state index contributed by atoms with van der Waals surface area (Å²) in [6, 6.07) is 5.38. The van der Waals surface area contributed by atoms with Gasteiger partial charge in [0.25, 0.3) is 11.8 Å². The van der Waals surface area contributed by atoms with Crippen LogP contribution in [0.2, 0.25) is 0 Å². The third-order valence-corrected chi connectivity index (χ3v) is 3.17. The lowest BCUT2D eigenvalue weighted by molar-refractivity contribution is -0.118. The van der Waals surface area contributed by atoms with E-state index in [1.54, 1.807) is 18.3 Å². The van der Waals surface area contributed by atoms with Crippen molar-refractivity contribution in [3.63, 3.8) is 0 Å². The van der Waals surface area contributed by atoms with E-state index in [2.05, 4.69) is 20.6 Å². The molecule has 2 aromatic heterocycles. The SMILES string of the molecule is CC(=O)NCCn1c(C(=O)NCc2ccccn2)cnc1C(N)=O. The fourth-order valence-corrected chi connectivity index (χ4v) is 2.09. The van der Waals surface area contributed by atoms with Gasteiger partial charge in [0.15, 0.2) is 5.82 Å². The van der Waals surface area contributed by atoms with Crippen molar-refractivity contribution in [1.82, 2.24) is 25.2 Å². The number of carbonyl (C=O) groups is 3. The van der Waals surface area contributed by atoms with Gasteiger partial charge in [-0.3, -0.25) is 19.4 Å². The van der Waals surface area contributed by atoms with E-state index in [-0.39, 0.29) is 37.1 Å². The molecule has 2 aromatic rings. The molecule has 0 fully saturated rings. The van der Waals surface area contributed by atoms with Crippen molar-refractivity contribution in [3.8, 4) is 0 Å². The van der Waals surface area contributed by atoms with Gasteiger partial charge in [-0.15, -0.1) is 0 Å². The summed E-state index contributed by atoms with van der Waals surface area (Å²) < 4.78 is 1.38. The summed E-state index contributed by atoms with van der Waals surface area (Å²) in [5.74, 6) is -1.41. The van der Waals surface area contributed by atoms with Crippen LogP contribution in [0.15, 0.2) is 30.6 Å². The average Bonchev–Trinajstić information content (AvgIpc) is 2.97. The van der Waals surface area contributed by atoms with Crippen molar-refractivity contribution in [2.24, 2.45) is 5.73 Å². The Morgan fingerprint density at radius 2 is 2.00 bits per heavy atom. The van der Waals surface area contributed by atoms with Crippen LogP contribution in [0.3, 0.4) is 0 Å². The maximum absolute atomic E-state index is 12.3. The third-order valence-electron chi connectivity index (χ3n) is 3.17. The van der Waals surface area contributed by atoms with Gasteiger partial charge < -0.3 is 20.9 Å². The second-order valence-corrected chi connectivity index (χ2v) is 4.97. The zero-order valence-electron chi connectivity index (χ0n) is 13.2. The van der Waals surface area contributed by atoms with Gasteiger partial charge in [0.1, 0.15) is 5.69 Å². The van der Waals surface area contributed by atoms with Crippen molar-refractivity contribution in [2.75, 3.05) is 6.54 Å². The summed E-state index contributed by atoms with van der Waals surface area (Å²) in [5.41, 5.74) is 6.16. The van der Waals surface area contributed by atoms with Crippen LogP contribution in [0, 0.1) is 0 Å². The minimum atomic E-state index is -0.749. The molecule has 126 valence electrons. The van der Waals surface area contributed by atoms with Crippen LogP contribution in [0.25, 0.3) is 0 Å². The predicted octanol–water partition coefficient (Wildman–Crippen LogP) is -0.557. The third kappa shape index (κ3) is 4.38. The summed E-state index contributed by atoms with van der Waals surface area (Å²) in [4.78, 5) is 42.7. The first-order valence-electron chi connectivity index (χ1n) is 7.27. The Labute approximate surface area is 138 Å². The molecule has 0 aliphatic heterocycles. The maximum atomic E-state index is 12.3. The fraction of sp³-hybridized carbons (Fsp3) is 0.267. The highest BCUT2D eigenvalue weighted by Crippen LogP contribution is 2.06. The summed E-state index contributed by atoms with van der Waals surface area (Å²) >= 11 is 0. The highest BCUT2D eigenvalue weighted by atomic mass is 16.2. The van der Waals surface area contributed by atoms with Gasteiger partial charge in [0.2, 0.25) is 5.91 Å². The number of carbonyl (C=O) groups excluding carboxylic acids is 3. The quantitative estimate of drug-likeness (QED) is 0.626. The van der Waals surface area contributed by atoms with E-state index in [1.165, 1.54) is 17.7 Å². The highest BCUT2D eigenvalue weighted by molar-refractivity contribution is 5.95. The van der Waals surface area contributed by atoms with Crippen molar-refractivity contribution >= 4 is 17.7 Å². The molecule has 0 saturated heterocycles. The number of aromatic nitrogens is 3. The lowest BCUT2D eigenvalue weighted by Crippen LogP contribution is -2.31. The van der Waals surface area contributed by atoms with E-state index in [9.17, 15) is 14.4 Å². The molecule has 2 rings (SSSR count). The van der Waals surface area contributed by atoms with Crippen molar-refractivity contribution in [2.45, 2.75) is 20.0 Å². The number of rotatable bonds is 7. The van der Waals surface area contributed by atoms with Crippen LogP contribution in [0.4, 0.5) is 0 Å². The maximum Gasteiger partial charge on any atom is 0.284 e. The number of amides is 3. The first kappa shape index (κ1) is 17.1. The smallest absolute Gasteiger partial charge is 0.284 e. The minimum Gasteiger partial charge on any atom is -0.363 e. The van der Waals surface area contributed by atoms with Crippen LogP contribution < -0.4 is 16.4 Å². The van der Waals surface area contributed by atoms with E-state index in [4.69, 9.17) is 5.73 Å². The number of nitrogens with one attached hydrogen (secondary N) is 2. The van der Waals surface area contributed by atoms with E-state index >= 15 is 0 Å². The monoisotopic (exact) mass is 330 g/mol. The Kier molecular flexibility index (Phi) is 5.61. The Morgan fingerprint density at radius 3 is 2.62 bits per heavy atom. The lowest BCUT2D eigenvalue weighted by Gasteiger charge is -2.11. The van der Waals surface area contributed by atoms with Gasteiger partial charge in [-0.2, -0.15) is 0 Å². The summed E-state index contributed by atoms with van der Waals surface area (Å²) in [7, 11) is 0. The number of hydrogen-bond acceptors (Lipinski definition) is 5. The van der Waals surface area contributed by atoms with Crippen LogP contribution in [-0.4, -0.2) is 38.8 Å². The molecule has 4 N–H and O–H groups in total. The Morgan fingerprint density at radius 1 is 1.21 bits per heavy atom. The van der Waals surface area contributed by atoms with Gasteiger partial charge in [0.05, 0.1) is 18.4 Å². The van der Waals surface area contributed by atoms with E-state index in [0.717, 1.165) is 0 Å². The first-order chi connectivity index (χ1) is 11.5. The van der Waals surface area contributed by atoms with Crippen LogP contribution in [-0.2, 0) is 17.9 Å². The van der Waals surface area contributed by atoms with Crippen molar-refractivity contribution in [1.29, 1.82) is 0 Å². The number of nitrogens with zero attached hydrogens (tertiary/aromatic N) is 3. The Bertz CT molecular complexity index is 741. The predicted molar refractivity (Wildman–Crippen MR) is 84.8 cm³/mol. The first-order valence-corrected chi connectivity index (χ1v) is 7.27. The van der Waals surface area contributed by atoms with Gasteiger partial charge in [-0.1, -0.05) is 6.07 Å². The molecule has 24 heavy (non-hydrogen) atoms. The van der Waals surface area contributed by atoms with E-state index in [0.29, 0.717) is 5.69 Å². The molecular formula is C15H18N6O3. The Balaban J connectivity index is 2.11. The van der Waals surface area contributed by atoms with Crippen LogP contribution in [0.1, 0.15) is 33.7 Å². The Hall–Kier alpha value is -3.23. The molecule has 9 heteroatoms. The molecule has 3 amide bonds. The van der Waals surface area contributed by atoms with Gasteiger partial charge in [-0.05, 0) is 12.1 Å². The van der Waals surface area contributed by atoms with Crippen molar-refractivity contribution < 1.29 is 14.4 Å². The molecule has 0 bridgehead atoms. The molecule has 0 aliphatic rings. The minimum absolute atomic E-state index is 0.0386. The van der Waals surface area contributed by atoms with Crippen LogP contribution in [0.5, 0.6) is 0 Å². The zero-order valence-corrected chi connectivity index (χ0v) is 13.2. The van der Waals surface area contributed by atoms with Gasteiger partial charge in [-0.25, -0.2) is 4.98 Å². The number of imidazole rings is 1. The molecule has 9 nitrogen and oxygen atoms in total. The topological polar surface area (TPSA) is 132 Å². The molecule has 0 radical (unpaired) electrons. The summed E-state index contributed by atoms with van der Waals surface area (Å²) in [5, 5.41) is 5.30. The standard InChI is InChI=1S/C15H18N6O3/c1-10(22)17-6-7-21-12(9-19-14(21)13(16)23)15(24)20-8-11-4-2-3-5-18-11/h2-5,9H,6-8H2,1H3,(H2,16,23)(H,17,22)(H,20,24). The lowest BCUT2D eigenvalue weighted by atomic mass is 10.3. The fourth-order valence-electron chi connectivity index (χ4n) is 2.09. The number of nitrogens with two attached hydrogens (primary N) is 1. The summed E-state index contributed by atoms with van der Waals surface area (Å²) in [6.45, 7) is 2.06. The number of primary amides is 1. The molecule has 0 aliphatic carbocycles. The van der Waals surface area contributed by atoms with E-state index < -0.39 is 11.8 Å². The van der Waals surface area contributed by atoms with E-state index in [1.807, 2.05) is 6.07 Å². The highest BCUT2D eigenvalue weighted by Gasteiger charge is 2.19. The largest absolute Gasteiger partial charge is 0.363 e. The van der Waals surface area contributed by atoms with Gasteiger partial charge in [0, 0.05) is 26.2 Å². The molecule has 0 saturated carbocycles. The molecule has 0 spiro atoms. The molecule has 0 atom stereocenters. The summed E-state index contributed by atoms with van der Waals surface area (Å²) in [6.07, 6.45) is 2.91. The van der Waals surface area contributed by atoms with Crippen molar-refractivity contribution in [3.05, 3.63) is 47.8 Å². The molecule has 2 heterocycles. The average molecular weight is 330 g/mol. The molecule has 0 unspecified atom stereocenters. The number of hydrogen-bond donors (Lipinski definition) is 3. The number of pyridine rings is 1. The normalized spacial score (nSPS) is 10.2.